The van der Waals surface area contributed by atoms with Gasteiger partial charge in [-0.15, -0.1) is 0 Å². The third-order valence-corrected chi connectivity index (χ3v) is 4.20. The molecule has 0 unspecified atom stereocenters. The van der Waals surface area contributed by atoms with Gasteiger partial charge < -0.3 is 4.48 Å². The summed E-state index contributed by atoms with van der Waals surface area (Å²) in [5.41, 5.74) is 0. The van der Waals surface area contributed by atoms with Gasteiger partial charge >= 0.3 is 0 Å². The monoisotopic (exact) mass is 300 g/mol. The normalized spacial score (nSPS) is 11.5. The van der Waals surface area contributed by atoms with E-state index in [0.717, 1.165) is 17.6 Å². The molecule has 0 radical (unpaired) electrons. The van der Waals surface area contributed by atoms with Gasteiger partial charge in [0.05, 0.1) is 20.6 Å². The first-order chi connectivity index (χ1) is 10.7. The van der Waals surface area contributed by atoms with E-state index in [1.165, 1.54) is 32.4 Å². The van der Waals surface area contributed by atoms with Crippen LogP contribution in [0.5, 0.6) is 0 Å². The Labute approximate surface area is 135 Å². The first-order valence-electron chi connectivity index (χ1n) is 8.36. The van der Waals surface area contributed by atoms with Crippen LogP contribution in [-0.4, -0.2) is 31.7 Å². The number of likely N-dealkylation sites (N-methyl/N-ethyl adjacent to an activating group) is 1. The lowest BCUT2D eigenvalue weighted by Crippen LogP contribution is -2.48. The second-order valence-corrected chi connectivity index (χ2v) is 6.67. The molecule has 0 spiro atoms. The summed E-state index contributed by atoms with van der Waals surface area (Å²) in [7, 11) is 4.69. The highest BCUT2D eigenvalue weighted by atomic mass is 15.3. The van der Waals surface area contributed by atoms with E-state index < -0.39 is 0 Å². The fourth-order valence-electron chi connectivity index (χ4n) is 2.68. The van der Waals surface area contributed by atoms with E-state index in [9.17, 15) is 0 Å². The second kappa shape index (κ2) is 8.64. The standard InChI is InChI=1S/C19H30N3/c1-22(2,19-17-21-15-8-4-9-16-21)18-11-5-10-14-20-12-6-3-7-13-20/h3-4,6-9,12-13,15-16H,5,10-11,14,17-19H2,1-2H3/q+3. The Kier molecular flexibility index (Phi) is 6.53. The number of quaternary nitrogens is 1. The fraction of sp³-hybridized carbons (Fsp3) is 0.474. The van der Waals surface area contributed by atoms with Gasteiger partial charge in [0.2, 0.25) is 0 Å². The van der Waals surface area contributed by atoms with Gasteiger partial charge in [0, 0.05) is 30.7 Å². The van der Waals surface area contributed by atoms with Crippen LogP contribution < -0.4 is 9.13 Å². The number of aromatic nitrogens is 2. The maximum Gasteiger partial charge on any atom is 0.196 e. The first kappa shape index (κ1) is 16.6. The Morgan fingerprint density at radius 1 is 0.591 bits per heavy atom. The van der Waals surface area contributed by atoms with Crippen molar-refractivity contribution in [1.82, 2.24) is 0 Å². The number of aryl methyl sites for hydroxylation is 1. The molecule has 3 heteroatoms. The van der Waals surface area contributed by atoms with Crippen molar-refractivity contribution in [2.24, 2.45) is 0 Å². The van der Waals surface area contributed by atoms with Crippen molar-refractivity contribution in [3.63, 3.8) is 0 Å². The molecule has 2 aromatic heterocycles. The van der Waals surface area contributed by atoms with Gasteiger partial charge in [-0.3, -0.25) is 0 Å². The molecular formula is C19H30N3+3. The highest BCUT2D eigenvalue weighted by Crippen LogP contribution is 2.03. The zero-order valence-electron chi connectivity index (χ0n) is 14.1. The number of nitrogens with zero attached hydrogens (tertiary/aromatic N) is 3. The van der Waals surface area contributed by atoms with Crippen molar-refractivity contribution in [3.8, 4) is 0 Å². The predicted octanol–water partition coefficient (Wildman–Crippen LogP) is 2.21. The number of hydrogen-bond donors (Lipinski definition) is 0. The van der Waals surface area contributed by atoms with Crippen molar-refractivity contribution in [1.29, 1.82) is 0 Å². The second-order valence-electron chi connectivity index (χ2n) is 6.67. The Morgan fingerprint density at radius 2 is 1.14 bits per heavy atom. The summed E-state index contributed by atoms with van der Waals surface area (Å²) in [6.45, 7) is 4.66. The molecule has 0 saturated heterocycles. The number of hydrogen-bond acceptors (Lipinski definition) is 0. The Balaban J connectivity index is 1.60. The van der Waals surface area contributed by atoms with Gasteiger partial charge in [-0.2, -0.15) is 4.57 Å². The van der Waals surface area contributed by atoms with Crippen LogP contribution in [0.15, 0.2) is 61.2 Å². The van der Waals surface area contributed by atoms with Crippen molar-refractivity contribution in [2.45, 2.75) is 32.4 Å². The first-order valence-corrected chi connectivity index (χ1v) is 8.36. The lowest BCUT2D eigenvalue weighted by atomic mass is 10.2. The molecule has 0 bridgehead atoms. The number of rotatable bonds is 9. The third-order valence-electron chi connectivity index (χ3n) is 4.20. The Bertz CT molecular complexity index is 523. The van der Waals surface area contributed by atoms with E-state index in [0.29, 0.717) is 0 Å². The van der Waals surface area contributed by atoms with Crippen molar-refractivity contribution in [2.75, 3.05) is 27.2 Å². The van der Waals surface area contributed by atoms with Crippen molar-refractivity contribution in [3.05, 3.63) is 61.2 Å². The molecule has 0 fully saturated rings. The molecule has 2 aromatic rings. The molecule has 118 valence electrons. The van der Waals surface area contributed by atoms with Gasteiger partial charge in [-0.1, -0.05) is 12.1 Å². The molecule has 0 saturated carbocycles. The molecule has 0 N–H and O–H groups in total. The molecule has 0 atom stereocenters. The molecule has 0 amide bonds. The minimum Gasteiger partial charge on any atom is -0.323 e. The summed E-state index contributed by atoms with van der Waals surface area (Å²) in [5.74, 6) is 0. The zero-order valence-corrected chi connectivity index (χ0v) is 14.1. The molecule has 2 heterocycles. The summed E-state index contributed by atoms with van der Waals surface area (Å²) in [6, 6.07) is 12.5. The molecule has 22 heavy (non-hydrogen) atoms. The molecule has 0 aliphatic heterocycles. The number of pyridine rings is 2. The quantitative estimate of drug-likeness (QED) is 0.381. The summed E-state index contributed by atoms with van der Waals surface area (Å²) < 4.78 is 5.64. The van der Waals surface area contributed by atoms with Crippen LogP contribution in [0.3, 0.4) is 0 Å². The smallest absolute Gasteiger partial charge is 0.196 e. The van der Waals surface area contributed by atoms with E-state index in [4.69, 9.17) is 0 Å². The van der Waals surface area contributed by atoms with Crippen LogP contribution in [0.4, 0.5) is 0 Å². The lowest BCUT2D eigenvalue weighted by molar-refractivity contribution is -0.910. The van der Waals surface area contributed by atoms with Gasteiger partial charge in [-0.25, -0.2) is 4.57 Å². The minimum atomic E-state index is 1.09. The molecule has 0 aliphatic rings. The largest absolute Gasteiger partial charge is 0.323 e. The number of unbranched alkanes of at least 4 members (excludes halogenated alkanes) is 2. The van der Waals surface area contributed by atoms with Crippen LogP contribution in [0.25, 0.3) is 0 Å². The highest BCUT2D eigenvalue weighted by molar-refractivity contribution is 4.84. The molecular weight excluding hydrogens is 270 g/mol. The average Bonchev–Trinajstić information content (AvgIpc) is 2.55. The van der Waals surface area contributed by atoms with E-state index in [-0.39, 0.29) is 0 Å². The van der Waals surface area contributed by atoms with Gasteiger partial charge in [-0.05, 0) is 12.8 Å². The molecule has 0 aromatic carbocycles. The topological polar surface area (TPSA) is 7.76 Å². The van der Waals surface area contributed by atoms with Crippen molar-refractivity contribution < 1.29 is 13.6 Å². The van der Waals surface area contributed by atoms with Gasteiger partial charge in [0.1, 0.15) is 13.1 Å². The predicted molar refractivity (Wildman–Crippen MR) is 89.0 cm³/mol. The van der Waals surface area contributed by atoms with Crippen LogP contribution in [0.2, 0.25) is 0 Å². The fourth-order valence-corrected chi connectivity index (χ4v) is 2.68. The van der Waals surface area contributed by atoms with Gasteiger partial charge in [0.25, 0.3) is 0 Å². The van der Waals surface area contributed by atoms with Gasteiger partial charge in [0.15, 0.2) is 31.3 Å². The van der Waals surface area contributed by atoms with Crippen LogP contribution in [0.1, 0.15) is 19.3 Å². The molecule has 0 aliphatic carbocycles. The zero-order chi connectivity index (χ0) is 15.7. The van der Waals surface area contributed by atoms with Crippen LogP contribution in [0, 0.1) is 0 Å². The van der Waals surface area contributed by atoms with Crippen LogP contribution >= 0.6 is 0 Å². The average molecular weight is 300 g/mol. The minimum absolute atomic E-state index is 1.09. The lowest BCUT2D eigenvalue weighted by Gasteiger charge is -2.28. The van der Waals surface area contributed by atoms with E-state index >= 15 is 0 Å². The summed E-state index contributed by atoms with van der Waals surface area (Å²) in [4.78, 5) is 0. The highest BCUT2D eigenvalue weighted by Gasteiger charge is 2.16. The summed E-state index contributed by atoms with van der Waals surface area (Å²) >= 11 is 0. The maximum atomic E-state index is 2.34. The Hall–Kier alpha value is -1.74. The Morgan fingerprint density at radius 3 is 1.73 bits per heavy atom. The summed E-state index contributed by atoms with van der Waals surface area (Å²) in [6.07, 6.45) is 12.5. The third kappa shape index (κ3) is 6.35. The van der Waals surface area contributed by atoms with Crippen LogP contribution in [-0.2, 0) is 13.1 Å². The molecule has 3 nitrogen and oxygen atoms in total. The summed E-state index contributed by atoms with van der Waals surface area (Å²) in [5, 5.41) is 0. The van der Waals surface area contributed by atoms with Crippen molar-refractivity contribution >= 4 is 0 Å². The SMILES string of the molecule is C[N+](C)(CCCCC[n+]1ccccc1)CC[n+]1ccccc1. The van der Waals surface area contributed by atoms with E-state index in [1.807, 2.05) is 0 Å². The molecule has 2 rings (SSSR count). The maximum absolute atomic E-state index is 2.34. The van der Waals surface area contributed by atoms with E-state index in [2.05, 4.69) is 84.4 Å². The van der Waals surface area contributed by atoms with E-state index in [1.54, 1.807) is 0 Å².